The van der Waals surface area contributed by atoms with E-state index in [1.165, 1.54) is 11.8 Å². The fourth-order valence-corrected chi connectivity index (χ4v) is 3.58. The number of thioether (sulfide) groups is 1. The van der Waals surface area contributed by atoms with E-state index in [-0.39, 0.29) is 11.7 Å². The molecule has 8 heteroatoms. The lowest BCUT2D eigenvalue weighted by Gasteiger charge is -2.13. The van der Waals surface area contributed by atoms with Gasteiger partial charge in [-0.1, -0.05) is 41.6 Å². The first-order valence-corrected chi connectivity index (χ1v) is 9.87. The molecule has 0 aliphatic heterocycles. The number of rotatable bonds is 8. The average Bonchev–Trinajstić information content (AvgIpc) is 3.19. The van der Waals surface area contributed by atoms with Gasteiger partial charge in [0.1, 0.15) is 11.5 Å². The molecule has 1 amide bonds. The van der Waals surface area contributed by atoms with E-state index >= 15 is 0 Å². The largest absolute Gasteiger partial charge is 0.497 e. The number of ether oxygens (including phenoxy) is 2. The van der Waals surface area contributed by atoms with E-state index in [1.807, 2.05) is 41.1 Å². The van der Waals surface area contributed by atoms with E-state index in [2.05, 4.69) is 10.3 Å². The Bertz CT molecular complexity index is 961. The molecule has 28 heavy (non-hydrogen) atoms. The van der Waals surface area contributed by atoms with Gasteiger partial charge in [0.05, 0.1) is 25.7 Å². The lowest BCUT2D eigenvalue weighted by molar-refractivity contribution is -0.118. The van der Waals surface area contributed by atoms with Crippen LogP contribution >= 0.6 is 23.4 Å². The molecule has 0 saturated carbocycles. The molecule has 3 aromatic rings. The van der Waals surface area contributed by atoms with Crippen molar-refractivity contribution in [2.45, 2.75) is 11.7 Å². The number of hydrogen-bond acceptors (Lipinski definition) is 5. The third kappa shape index (κ3) is 4.79. The summed E-state index contributed by atoms with van der Waals surface area (Å²) in [5.41, 5.74) is 1.70. The van der Waals surface area contributed by atoms with Crippen molar-refractivity contribution < 1.29 is 14.3 Å². The average molecular weight is 418 g/mol. The molecule has 0 atom stereocenters. The topological polar surface area (TPSA) is 65.4 Å². The quantitative estimate of drug-likeness (QED) is 0.562. The SMILES string of the molecule is COc1ccc(-n2ccnc2SCC(=O)NCc2ccccc2Cl)c(OC)c1. The van der Waals surface area contributed by atoms with Crippen molar-refractivity contribution >= 4 is 29.3 Å². The third-order valence-corrected chi connectivity index (χ3v) is 5.35. The number of imidazole rings is 1. The maximum Gasteiger partial charge on any atom is 0.230 e. The molecule has 1 N–H and O–H groups in total. The Morgan fingerprint density at radius 2 is 2.04 bits per heavy atom. The fraction of sp³-hybridized carbons (Fsp3) is 0.200. The van der Waals surface area contributed by atoms with E-state index in [0.717, 1.165) is 11.3 Å². The van der Waals surface area contributed by atoms with Gasteiger partial charge in [0.25, 0.3) is 0 Å². The lowest BCUT2D eigenvalue weighted by atomic mass is 10.2. The Kier molecular flexibility index (Phi) is 6.84. The number of nitrogens with one attached hydrogen (secondary N) is 1. The minimum absolute atomic E-state index is 0.0961. The molecule has 2 aromatic carbocycles. The van der Waals surface area contributed by atoms with Gasteiger partial charge in [0.15, 0.2) is 5.16 Å². The van der Waals surface area contributed by atoms with Crippen LogP contribution in [0.3, 0.4) is 0 Å². The van der Waals surface area contributed by atoms with Gasteiger partial charge >= 0.3 is 0 Å². The summed E-state index contributed by atoms with van der Waals surface area (Å²) in [6, 6.07) is 13.0. The van der Waals surface area contributed by atoms with Crippen LogP contribution in [0.5, 0.6) is 11.5 Å². The summed E-state index contributed by atoms with van der Waals surface area (Å²) < 4.78 is 12.6. The predicted molar refractivity (Wildman–Crippen MR) is 111 cm³/mol. The van der Waals surface area contributed by atoms with Crippen molar-refractivity contribution in [3.05, 3.63) is 65.4 Å². The highest BCUT2D eigenvalue weighted by atomic mass is 35.5. The van der Waals surface area contributed by atoms with Gasteiger partial charge in [0.2, 0.25) is 5.91 Å². The van der Waals surface area contributed by atoms with Crippen LogP contribution in [-0.2, 0) is 11.3 Å². The number of nitrogens with zero attached hydrogens (tertiary/aromatic N) is 2. The van der Waals surface area contributed by atoms with E-state index in [4.69, 9.17) is 21.1 Å². The van der Waals surface area contributed by atoms with E-state index in [9.17, 15) is 4.79 Å². The standard InChI is InChI=1S/C20H20ClN3O3S/c1-26-15-7-8-17(18(11-15)27-2)24-10-9-22-20(24)28-13-19(25)23-12-14-5-3-4-6-16(14)21/h3-11H,12-13H2,1-2H3,(H,23,25). The first-order chi connectivity index (χ1) is 13.6. The van der Waals surface area contributed by atoms with Crippen LogP contribution < -0.4 is 14.8 Å². The molecule has 0 unspecified atom stereocenters. The Morgan fingerprint density at radius 1 is 1.21 bits per heavy atom. The Balaban J connectivity index is 1.65. The minimum atomic E-state index is -0.0961. The van der Waals surface area contributed by atoms with E-state index in [1.54, 1.807) is 32.5 Å². The second kappa shape index (κ2) is 9.52. The maximum atomic E-state index is 12.2. The Labute approximate surface area is 172 Å². The molecule has 3 rings (SSSR count). The molecule has 1 aromatic heterocycles. The summed E-state index contributed by atoms with van der Waals surface area (Å²) in [6.45, 7) is 0.389. The van der Waals surface area contributed by atoms with Crippen molar-refractivity contribution in [2.24, 2.45) is 0 Å². The van der Waals surface area contributed by atoms with Crippen molar-refractivity contribution in [1.82, 2.24) is 14.9 Å². The predicted octanol–water partition coefficient (Wildman–Crippen LogP) is 3.95. The van der Waals surface area contributed by atoms with Crippen LogP contribution in [0, 0.1) is 0 Å². The van der Waals surface area contributed by atoms with Gasteiger partial charge in [-0.05, 0) is 23.8 Å². The molecular formula is C20H20ClN3O3S. The summed E-state index contributed by atoms with van der Waals surface area (Å²) >= 11 is 7.46. The maximum absolute atomic E-state index is 12.2. The lowest BCUT2D eigenvalue weighted by Crippen LogP contribution is -2.24. The third-order valence-electron chi connectivity index (χ3n) is 4.02. The van der Waals surface area contributed by atoms with Crippen LogP contribution in [0.2, 0.25) is 5.02 Å². The van der Waals surface area contributed by atoms with Crippen molar-refractivity contribution in [3.63, 3.8) is 0 Å². The molecule has 0 bridgehead atoms. The van der Waals surface area contributed by atoms with Gasteiger partial charge in [-0.2, -0.15) is 0 Å². The molecule has 0 radical (unpaired) electrons. The van der Waals surface area contributed by atoms with Crippen molar-refractivity contribution in [3.8, 4) is 17.2 Å². The molecule has 0 saturated heterocycles. The minimum Gasteiger partial charge on any atom is -0.497 e. The molecule has 0 fully saturated rings. The van der Waals surface area contributed by atoms with Crippen LogP contribution in [0.25, 0.3) is 5.69 Å². The molecule has 146 valence electrons. The highest BCUT2D eigenvalue weighted by Crippen LogP contribution is 2.30. The van der Waals surface area contributed by atoms with Crippen LogP contribution in [0.4, 0.5) is 0 Å². The number of carbonyl (C=O) groups is 1. The van der Waals surface area contributed by atoms with Gasteiger partial charge in [-0.15, -0.1) is 0 Å². The summed E-state index contributed by atoms with van der Waals surface area (Å²) in [5.74, 6) is 1.50. The zero-order valence-corrected chi connectivity index (χ0v) is 17.1. The fourth-order valence-electron chi connectivity index (χ4n) is 2.58. The van der Waals surface area contributed by atoms with Gasteiger partial charge < -0.3 is 14.8 Å². The number of hydrogen-bond donors (Lipinski definition) is 1. The summed E-state index contributed by atoms with van der Waals surface area (Å²) in [6.07, 6.45) is 3.52. The number of aromatic nitrogens is 2. The van der Waals surface area contributed by atoms with E-state index < -0.39 is 0 Å². The van der Waals surface area contributed by atoms with Crippen molar-refractivity contribution in [2.75, 3.05) is 20.0 Å². The van der Waals surface area contributed by atoms with Crippen LogP contribution in [0.15, 0.2) is 60.0 Å². The van der Waals surface area contributed by atoms with Crippen molar-refractivity contribution in [1.29, 1.82) is 0 Å². The van der Waals surface area contributed by atoms with Crippen LogP contribution in [0.1, 0.15) is 5.56 Å². The first-order valence-electron chi connectivity index (χ1n) is 8.51. The number of amides is 1. The molecule has 0 aliphatic carbocycles. The molecule has 6 nitrogen and oxygen atoms in total. The van der Waals surface area contributed by atoms with Gasteiger partial charge in [0, 0.05) is 30.0 Å². The monoisotopic (exact) mass is 417 g/mol. The second-order valence-corrected chi connectivity index (χ2v) is 7.12. The highest BCUT2D eigenvalue weighted by Gasteiger charge is 2.13. The Hall–Kier alpha value is -2.64. The number of carbonyl (C=O) groups excluding carboxylic acids is 1. The molecule has 1 heterocycles. The van der Waals surface area contributed by atoms with Gasteiger partial charge in [-0.25, -0.2) is 4.98 Å². The highest BCUT2D eigenvalue weighted by molar-refractivity contribution is 7.99. The zero-order chi connectivity index (χ0) is 19.9. The molecular weight excluding hydrogens is 398 g/mol. The van der Waals surface area contributed by atoms with Gasteiger partial charge in [-0.3, -0.25) is 9.36 Å². The summed E-state index contributed by atoms with van der Waals surface area (Å²) in [4.78, 5) is 16.6. The molecule has 0 spiro atoms. The zero-order valence-electron chi connectivity index (χ0n) is 15.5. The first kappa shape index (κ1) is 20.1. The Morgan fingerprint density at radius 3 is 2.79 bits per heavy atom. The summed E-state index contributed by atoms with van der Waals surface area (Å²) in [7, 11) is 3.21. The second-order valence-electron chi connectivity index (χ2n) is 5.77. The smallest absolute Gasteiger partial charge is 0.230 e. The number of halogens is 1. The normalized spacial score (nSPS) is 10.5. The summed E-state index contributed by atoms with van der Waals surface area (Å²) in [5, 5.41) is 4.20. The van der Waals surface area contributed by atoms with E-state index in [0.29, 0.717) is 28.2 Å². The number of benzene rings is 2. The number of methoxy groups -OCH3 is 2. The molecule has 0 aliphatic rings. The van der Waals surface area contributed by atoms with Crippen LogP contribution in [-0.4, -0.2) is 35.4 Å².